The Kier molecular flexibility index (Phi) is 13.1. The molecule has 2 atom stereocenters. The maximum absolute atomic E-state index is 15.0. The second-order valence-electron chi connectivity index (χ2n) is 14.8. The van der Waals surface area contributed by atoms with Crippen LogP contribution in [0.25, 0.3) is 22.5 Å². The molecule has 2 unspecified atom stereocenters. The second kappa shape index (κ2) is 19.6. The summed E-state index contributed by atoms with van der Waals surface area (Å²) in [6, 6.07) is 33.0. The Balaban J connectivity index is 1.12. The summed E-state index contributed by atoms with van der Waals surface area (Å²) in [6.45, 7) is 0. The maximum atomic E-state index is 15.0. The lowest BCUT2D eigenvalue weighted by molar-refractivity contribution is -0.160. The van der Waals surface area contributed by atoms with Gasteiger partial charge in [-0.05, 0) is 47.5 Å². The molecule has 0 aliphatic rings. The number of alkyl halides is 3. The van der Waals surface area contributed by atoms with E-state index in [1.54, 1.807) is 24.3 Å². The topological polar surface area (TPSA) is 145 Å². The summed E-state index contributed by atoms with van der Waals surface area (Å²) in [6.07, 6.45) is -1.15. The van der Waals surface area contributed by atoms with E-state index < -0.39 is 59.6 Å². The SMILES string of the molecule is O=C(OC(=O)C(Cc1ccco1)Nc1ncc(-c2c(F)cccc2F)nc1Cc1ccccc1)C(Cc1ccc(C(F)(F)F)o1)Nc1ncc(-c2ccccc2)nc1Cc1ccccc1. The Morgan fingerprint density at radius 2 is 1.12 bits per heavy atom. The van der Waals surface area contributed by atoms with Gasteiger partial charge in [0.25, 0.3) is 0 Å². The molecule has 4 heterocycles. The molecule has 8 aromatic rings. The number of carbonyl (C=O) groups excluding carboxylic acids is 2. The lowest BCUT2D eigenvalue weighted by atomic mass is 10.1. The highest BCUT2D eigenvalue weighted by Crippen LogP contribution is 2.32. The normalized spacial score (nSPS) is 12.3. The largest absolute Gasteiger partial charge is 0.469 e. The minimum atomic E-state index is -4.81. The number of rotatable bonds is 16. The molecular weight excluding hydrogens is 848 g/mol. The van der Waals surface area contributed by atoms with Crippen molar-refractivity contribution in [3.05, 3.63) is 204 Å². The van der Waals surface area contributed by atoms with Gasteiger partial charge in [-0.3, -0.25) is 0 Å². The van der Waals surface area contributed by atoms with Gasteiger partial charge in [-0.15, -0.1) is 0 Å². The van der Waals surface area contributed by atoms with Crippen molar-refractivity contribution in [2.75, 3.05) is 10.6 Å². The van der Waals surface area contributed by atoms with Crippen LogP contribution >= 0.6 is 0 Å². The minimum Gasteiger partial charge on any atom is -0.469 e. The number of furan rings is 2. The zero-order valence-electron chi connectivity index (χ0n) is 34.1. The van der Waals surface area contributed by atoms with Crippen LogP contribution in [-0.4, -0.2) is 44.0 Å². The van der Waals surface area contributed by atoms with Crippen LogP contribution < -0.4 is 10.6 Å². The van der Waals surface area contributed by atoms with Crippen molar-refractivity contribution in [1.29, 1.82) is 0 Å². The predicted molar refractivity (Wildman–Crippen MR) is 229 cm³/mol. The average Bonchev–Trinajstić information content (AvgIpc) is 4.01. The standard InChI is InChI=1S/C49H37F5N6O5/c50-35-19-10-20-36(51)44(35)42-29-56-46(38(58-42)25-31-14-6-2-7-15-31)59-39(26-33-18-11-23-63-33)47(61)65-48(62)40(27-34-21-22-43(64-34)49(52,53)54)60-45-37(24-30-12-4-1-5-13-30)57-41(28-55-45)32-16-8-3-9-17-32/h1-23,28-29,39-40H,24-27H2,(H,55,60)(H,56,59). The van der Waals surface area contributed by atoms with Gasteiger partial charge < -0.3 is 24.2 Å². The highest BCUT2D eigenvalue weighted by atomic mass is 19.4. The molecule has 16 heteroatoms. The summed E-state index contributed by atoms with van der Waals surface area (Å²) in [7, 11) is 0. The van der Waals surface area contributed by atoms with Crippen molar-refractivity contribution in [2.24, 2.45) is 0 Å². The molecule has 0 spiro atoms. The first-order chi connectivity index (χ1) is 31.5. The van der Waals surface area contributed by atoms with Crippen molar-refractivity contribution in [3.63, 3.8) is 0 Å². The molecule has 0 saturated carbocycles. The number of halogens is 5. The average molecular weight is 885 g/mol. The fraction of sp³-hybridized carbons (Fsp3) is 0.143. The summed E-state index contributed by atoms with van der Waals surface area (Å²) in [4.78, 5) is 47.0. The van der Waals surface area contributed by atoms with Crippen LogP contribution in [0.1, 0.15) is 39.8 Å². The van der Waals surface area contributed by atoms with E-state index in [2.05, 4.69) is 25.6 Å². The van der Waals surface area contributed by atoms with Gasteiger partial charge in [-0.25, -0.2) is 38.3 Å². The lowest BCUT2D eigenvalue weighted by Gasteiger charge is -2.22. The van der Waals surface area contributed by atoms with Gasteiger partial charge >= 0.3 is 18.1 Å². The summed E-state index contributed by atoms with van der Waals surface area (Å²) in [5.41, 5.74) is 2.96. The summed E-state index contributed by atoms with van der Waals surface area (Å²) < 4.78 is 87.0. The van der Waals surface area contributed by atoms with Crippen LogP contribution in [0.2, 0.25) is 0 Å². The number of ether oxygens (including phenoxy) is 1. The molecule has 0 saturated heterocycles. The van der Waals surface area contributed by atoms with Crippen LogP contribution in [0.4, 0.5) is 33.6 Å². The Morgan fingerprint density at radius 3 is 1.65 bits per heavy atom. The molecule has 65 heavy (non-hydrogen) atoms. The van der Waals surface area contributed by atoms with Crippen molar-refractivity contribution in [1.82, 2.24) is 19.9 Å². The first-order valence-corrected chi connectivity index (χ1v) is 20.2. The maximum Gasteiger partial charge on any atom is 0.449 e. The summed E-state index contributed by atoms with van der Waals surface area (Å²) in [5, 5.41) is 5.99. The number of aromatic nitrogens is 4. The zero-order valence-corrected chi connectivity index (χ0v) is 34.1. The van der Waals surface area contributed by atoms with E-state index in [0.717, 1.165) is 47.2 Å². The number of esters is 2. The molecule has 2 N–H and O–H groups in total. The van der Waals surface area contributed by atoms with Crippen LogP contribution in [0.15, 0.2) is 161 Å². The van der Waals surface area contributed by atoms with Crippen molar-refractivity contribution >= 4 is 23.6 Å². The lowest BCUT2D eigenvalue weighted by Crippen LogP contribution is -2.41. The molecule has 11 nitrogen and oxygen atoms in total. The van der Waals surface area contributed by atoms with Crippen LogP contribution in [-0.2, 0) is 46.2 Å². The van der Waals surface area contributed by atoms with E-state index in [-0.39, 0.29) is 48.0 Å². The van der Waals surface area contributed by atoms with Crippen LogP contribution in [0, 0.1) is 11.6 Å². The molecule has 0 aliphatic heterocycles. The smallest absolute Gasteiger partial charge is 0.449 e. The third kappa shape index (κ3) is 11.0. The van der Waals surface area contributed by atoms with Gasteiger partial charge in [0.15, 0.2) is 0 Å². The van der Waals surface area contributed by atoms with Crippen LogP contribution in [0.5, 0.6) is 0 Å². The van der Waals surface area contributed by atoms with E-state index in [4.69, 9.17) is 18.6 Å². The number of anilines is 2. The van der Waals surface area contributed by atoms with Gasteiger partial charge in [0.05, 0.1) is 47.0 Å². The minimum absolute atomic E-state index is 0.0274. The van der Waals surface area contributed by atoms with E-state index in [9.17, 15) is 31.5 Å². The molecule has 328 valence electrons. The van der Waals surface area contributed by atoms with Gasteiger partial charge in [0, 0.05) is 31.2 Å². The summed E-state index contributed by atoms with van der Waals surface area (Å²) >= 11 is 0. The van der Waals surface area contributed by atoms with E-state index in [1.807, 2.05) is 78.9 Å². The first-order valence-electron chi connectivity index (χ1n) is 20.2. The summed E-state index contributed by atoms with van der Waals surface area (Å²) in [5.74, 6) is -5.13. The van der Waals surface area contributed by atoms with Gasteiger partial charge in [-0.1, -0.05) is 97.1 Å². The number of hydrogen-bond acceptors (Lipinski definition) is 11. The third-order valence-electron chi connectivity index (χ3n) is 10.1. The Labute approximate surface area is 368 Å². The van der Waals surface area contributed by atoms with Crippen molar-refractivity contribution in [3.8, 4) is 22.5 Å². The number of benzene rings is 4. The third-order valence-corrected chi connectivity index (χ3v) is 10.1. The number of nitrogens with zero attached hydrogens (tertiary/aromatic N) is 4. The molecule has 0 aliphatic carbocycles. The molecule has 8 rings (SSSR count). The molecule has 4 aromatic heterocycles. The molecule has 0 amide bonds. The zero-order chi connectivity index (χ0) is 45.3. The second-order valence-corrected chi connectivity index (χ2v) is 14.8. The molecule has 0 radical (unpaired) electrons. The Bertz CT molecular complexity index is 2860. The van der Waals surface area contributed by atoms with Gasteiger partial charge in [-0.2, -0.15) is 13.2 Å². The monoisotopic (exact) mass is 884 g/mol. The molecule has 0 fully saturated rings. The fourth-order valence-corrected chi connectivity index (χ4v) is 6.96. The van der Waals surface area contributed by atoms with Crippen molar-refractivity contribution < 1.29 is 45.1 Å². The highest BCUT2D eigenvalue weighted by Gasteiger charge is 2.36. The van der Waals surface area contributed by atoms with Gasteiger partial charge in [0.2, 0.25) is 5.76 Å². The van der Waals surface area contributed by atoms with Gasteiger partial charge in [0.1, 0.15) is 46.9 Å². The fourth-order valence-electron chi connectivity index (χ4n) is 6.96. The first kappa shape index (κ1) is 43.6. The highest BCUT2D eigenvalue weighted by molar-refractivity contribution is 5.93. The Morgan fingerprint density at radius 1 is 0.600 bits per heavy atom. The molecule has 4 aromatic carbocycles. The van der Waals surface area contributed by atoms with E-state index >= 15 is 0 Å². The Hall–Kier alpha value is -8.01. The van der Waals surface area contributed by atoms with Crippen LogP contribution in [0.3, 0.4) is 0 Å². The van der Waals surface area contributed by atoms with Crippen molar-refractivity contribution in [2.45, 2.75) is 43.9 Å². The quantitative estimate of drug-likeness (QED) is 0.0543. The number of nitrogens with one attached hydrogen (secondary N) is 2. The molecule has 0 bridgehead atoms. The number of carbonyl (C=O) groups is 2. The van der Waals surface area contributed by atoms with E-state index in [0.29, 0.717) is 17.1 Å². The molecular formula is C49H37F5N6O5. The predicted octanol–water partition coefficient (Wildman–Crippen LogP) is 10.1. The van der Waals surface area contributed by atoms with E-state index in [1.165, 1.54) is 18.5 Å². The number of hydrogen-bond donors (Lipinski definition) is 2.